The highest BCUT2D eigenvalue weighted by Crippen LogP contribution is 2.35. The Morgan fingerprint density at radius 3 is 3.13 bits per heavy atom. The summed E-state index contributed by atoms with van der Waals surface area (Å²) in [6, 6.07) is 0. The van der Waals surface area contributed by atoms with Crippen molar-refractivity contribution in [1.82, 2.24) is 4.90 Å². The number of piperidine rings is 1. The Morgan fingerprint density at radius 2 is 2.40 bits per heavy atom. The first-order chi connectivity index (χ1) is 7.35. The summed E-state index contributed by atoms with van der Waals surface area (Å²) < 4.78 is 5.47. The van der Waals surface area contributed by atoms with Gasteiger partial charge in [-0.25, -0.2) is 0 Å². The first kappa shape index (κ1) is 11.0. The van der Waals surface area contributed by atoms with Crippen LogP contribution in [0, 0.1) is 5.92 Å². The average molecular weight is 209 g/mol. The number of hydrogen-bond donors (Lipinski definition) is 0. The van der Waals surface area contributed by atoms with Gasteiger partial charge in [-0.1, -0.05) is 13.0 Å². The van der Waals surface area contributed by atoms with Crippen molar-refractivity contribution >= 4 is 0 Å². The second-order valence-corrected chi connectivity index (χ2v) is 4.78. The molecule has 0 aromatic rings. The van der Waals surface area contributed by atoms with Gasteiger partial charge in [-0.15, -0.1) is 0 Å². The Balaban J connectivity index is 2.04. The molecule has 0 spiro atoms. The number of allylic oxidation sites excluding steroid dienone is 1. The van der Waals surface area contributed by atoms with Crippen LogP contribution in [0.4, 0.5) is 0 Å². The fourth-order valence-electron chi connectivity index (χ4n) is 2.97. The van der Waals surface area contributed by atoms with Crippen molar-refractivity contribution in [3.05, 3.63) is 11.8 Å². The van der Waals surface area contributed by atoms with Gasteiger partial charge in [-0.2, -0.15) is 0 Å². The number of nitrogens with zero attached hydrogens (tertiary/aromatic N) is 1. The lowest BCUT2D eigenvalue weighted by Crippen LogP contribution is -2.37. The standard InChI is InChI=1S/C13H23NO/c1-3-8-14-9-4-5-11-10-12(15-2)6-7-13(11)14/h7,11-12H,3-6,8-10H2,1-2H3. The zero-order valence-corrected chi connectivity index (χ0v) is 10.0. The lowest BCUT2D eigenvalue weighted by molar-refractivity contribution is 0.0653. The smallest absolute Gasteiger partial charge is 0.0612 e. The number of hydrogen-bond acceptors (Lipinski definition) is 2. The lowest BCUT2D eigenvalue weighted by atomic mass is 9.83. The highest BCUT2D eigenvalue weighted by Gasteiger charge is 2.29. The van der Waals surface area contributed by atoms with E-state index in [9.17, 15) is 0 Å². The van der Waals surface area contributed by atoms with E-state index >= 15 is 0 Å². The Kier molecular flexibility index (Phi) is 3.68. The molecule has 0 radical (unpaired) electrons. The minimum atomic E-state index is 0.473. The van der Waals surface area contributed by atoms with Gasteiger partial charge in [0.25, 0.3) is 0 Å². The van der Waals surface area contributed by atoms with E-state index in [0.29, 0.717) is 6.10 Å². The molecule has 2 unspecified atom stereocenters. The molecule has 2 heteroatoms. The predicted molar refractivity (Wildman–Crippen MR) is 62.7 cm³/mol. The van der Waals surface area contributed by atoms with Gasteiger partial charge in [0.15, 0.2) is 0 Å². The van der Waals surface area contributed by atoms with Gasteiger partial charge >= 0.3 is 0 Å². The third-order valence-corrected chi connectivity index (χ3v) is 3.73. The molecule has 1 aliphatic heterocycles. The van der Waals surface area contributed by atoms with Gasteiger partial charge in [0.05, 0.1) is 6.10 Å². The third-order valence-electron chi connectivity index (χ3n) is 3.73. The molecule has 1 saturated heterocycles. The van der Waals surface area contributed by atoms with Gasteiger partial charge in [0.2, 0.25) is 0 Å². The SMILES string of the molecule is CCCN1CCCC2CC(OC)CC=C21. The Labute approximate surface area is 93.3 Å². The van der Waals surface area contributed by atoms with Crippen LogP contribution in [-0.2, 0) is 4.74 Å². The van der Waals surface area contributed by atoms with Gasteiger partial charge in [0, 0.05) is 31.8 Å². The molecule has 86 valence electrons. The molecule has 0 N–H and O–H groups in total. The summed E-state index contributed by atoms with van der Waals surface area (Å²) in [4.78, 5) is 2.60. The molecule has 0 aromatic heterocycles. The summed E-state index contributed by atoms with van der Waals surface area (Å²) in [5.74, 6) is 0.781. The summed E-state index contributed by atoms with van der Waals surface area (Å²) in [6.07, 6.45) is 9.24. The summed E-state index contributed by atoms with van der Waals surface area (Å²) in [6.45, 7) is 4.78. The maximum Gasteiger partial charge on any atom is 0.0612 e. The molecule has 0 saturated carbocycles. The topological polar surface area (TPSA) is 12.5 Å². The lowest BCUT2D eigenvalue weighted by Gasteiger charge is -2.41. The normalized spacial score (nSPS) is 31.1. The average Bonchev–Trinajstić information content (AvgIpc) is 2.29. The van der Waals surface area contributed by atoms with Crippen LogP contribution >= 0.6 is 0 Å². The van der Waals surface area contributed by atoms with Gasteiger partial charge < -0.3 is 9.64 Å². The molecule has 1 fully saturated rings. The van der Waals surface area contributed by atoms with Crippen molar-refractivity contribution in [2.75, 3.05) is 20.2 Å². The van der Waals surface area contributed by atoms with Crippen molar-refractivity contribution in [3.8, 4) is 0 Å². The number of rotatable bonds is 3. The molecule has 2 nitrogen and oxygen atoms in total. The van der Waals surface area contributed by atoms with E-state index in [0.717, 1.165) is 12.3 Å². The van der Waals surface area contributed by atoms with E-state index in [1.54, 1.807) is 5.70 Å². The number of likely N-dealkylation sites (tertiary alicyclic amines) is 1. The van der Waals surface area contributed by atoms with Gasteiger partial charge in [0.1, 0.15) is 0 Å². The molecule has 2 atom stereocenters. The Bertz CT molecular complexity index is 235. The second-order valence-electron chi connectivity index (χ2n) is 4.78. The maximum atomic E-state index is 5.47. The maximum absolute atomic E-state index is 5.47. The molecular weight excluding hydrogens is 186 g/mol. The van der Waals surface area contributed by atoms with Crippen LogP contribution < -0.4 is 0 Å². The minimum absolute atomic E-state index is 0.473. The molecule has 1 aliphatic carbocycles. The van der Waals surface area contributed by atoms with Gasteiger partial charge in [-0.3, -0.25) is 0 Å². The summed E-state index contributed by atoms with van der Waals surface area (Å²) in [5, 5.41) is 0. The zero-order chi connectivity index (χ0) is 10.7. The predicted octanol–water partition coefficient (Wildman–Crippen LogP) is 2.80. The molecule has 0 aromatic carbocycles. The molecule has 0 bridgehead atoms. The summed E-state index contributed by atoms with van der Waals surface area (Å²) in [7, 11) is 1.84. The van der Waals surface area contributed by atoms with Crippen molar-refractivity contribution in [2.45, 2.75) is 45.1 Å². The van der Waals surface area contributed by atoms with Crippen molar-refractivity contribution < 1.29 is 4.74 Å². The van der Waals surface area contributed by atoms with E-state index < -0.39 is 0 Å². The van der Waals surface area contributed by atoms with Crippen LogP contribution in [0.2, 0.25) is 0 Å². The van der Waals surface area contributed by atoms with E-state index in [1.165, 1.54) is 38.8 Å². The largest absolute Gasteiger partial charge is 0.381 e. The van der Waals surface area contributed by atoms with Crippen molar-refractivity contribution in [3.63, 3.8) is 0 Å². The fourth-order valence-corrected chi connectivity index (χ4v) is 2.97. The third kappa shape index (κ3) is 2.36. The van der Waals surface area contributed by atoms with Crippen LogP contribution in [0.15, 0.2) is 11.8 Å². The summed E-state index contributed by atoms with van der Waals surface area (Å²) in [5.41, 5.74) is 1.62. The summed E-state index contributed by atoms with van der Waals surface area (Å²) >= 11 is 0. The Hall–Kier alpha value is -0.500. The van der Waals surface area contributed by atoms with Crippen LogP contribution in [0.1, 0.15) is 39.0 Å². The van der Waals surface area contributed by atoms with Crippen molar-refractivity contribution in [1.29, 1.82) is 0 Å². The van der Waals surface area contributed by atoms with E-state index in [2.05, 4.69) is 17.9 Å². The minimum Gasteiger partial charge on any atom is -0.381 e. The highest BCUT2D eigenvalue weighted by molar-refractivity contribution is 5.13. The second kappa shape index (κ2) is 5.02. The molecule has 2 rings (SSSR count). The van der Waals surface area contributed by atoms with E-state index in [-0.39, 0.29) is 0 Å². The van der Waals surface area contributed by atoms with Crippen LogP contribution in [0.5, 0.6) is 0 Å². The van der Waals surface area contributed by atoms with E-state index in [4.69, 9.17) is 4.74 Å². The van der Waals surface area contributed by atoms with E-state index in [1.807, 2.05) is 7.11 Å². The fraction of sp³-hybridized carbons (Fsp3) is 0.846. The van der Waals surface area contributed by atoms with Crippen LogP contribution in [-0.4, -0.2) is 31.2 Å². The molecule has 15 heavy (non-hydrogen) atoms. The Morgan fingerprint density at radius 1 is 1.53 bits per heavy atom. The molecule has 2 aliphatic rings. The molecular formula is C13H23NO. The number of fused-ring (bicyclic) bond motifs is 1. The quantitative estimate of drug-likeness (QED) is 0.708. The van der Waals surface area contributed by atoms with Gasteiger partial charge in [-0.05, 0) is 32.1 Å². The highest BCUT2D eigenvalue weighted by atomic mass is 16.5. The number of methoxy groups -OCH3 is 1. The monoisotopic (exact) mass is 209 g/mol. The van der Waals surface area contributed by atoms with Crippen LogP contribution in [0.25, 0.3) is 0 Å². The zero-order valence-electron chi connectivity index (χ0n) is 10.0. The van der Waals surface area contributed by atoms with Crippen LogP contribution in [0.3, 0.4) is 0 Å². The molecule has 0 amide bonds. The number of ether oxygens (including phenoxy) is 1. The van der Waals surface area contributed by atoms with Crippen molar-refractivity contribution in [2.24, 2.45) is 5.92 Å². The first-order valence-corrected chi connectivity index (χ1v) is 6.33. The first-order valence-electron chi connectivity index (χ1n) is 6.33. The molecule has 1 heterocycles.